The topological polar surface area (TPSA) is 227 Å². The molecule has 0 aromatic carbocycles. The van der Waals surface area contributed by atoms with E-state index in [1.54, 1.807) is 11.8 Å². The van der Waals surface area contributed by atoms with Gasteiger partial charge in [0.05, 0.1) is 0 Å². The monoisotopic (exact) mass is 1150 g/mol. The third kappa shape index (κ3) is 74.3. The Bertz CT molecular complexity index is 830. The van der Waals surface area contributed by atoms with Crippen molar-refractivity contribution in [3.63, 3.8) is 0 Å². The number of halogens is 6. The van der Waals surface area contributed by atoms with Crippen molar-refractivity contribution in [1.82, 2.24) is 19.3 Å². The standard InChI is InChI=1S/C11H24N2O2S.C9H18BrNO2.C4H7Br2NO2.C4H9Br2N.C2H7NS.CH2O2.ClH/c1-9(5-7-16-8-6-12)13-10(14)15-11(2,3)4;1-7(5-6-10)11-8(12)13-9(2,3)4;5-2-1-3(7-6)4(8)9;1-4(7-6)2-3-5;3-1-2-4;2-1-3;/h9H,5-8,12H2,1-4H3,(H,13,14);7H,5-6H2,1-4H3,(H,11,12);3,7H,1-2H2,(H,8,9);4,7H,2-3H2,1H3;4H,1-3H2;1H,(H,2,3);1H/t9-;7-;3-;4-;;;/m1101.../s1. The third-order valence-electron chi connectivity index (χ3n) is 4.71. The van der Waals surface area contributed by atoms with Gasteiger partial charge in [0.2, 0.25) is 0 Å². The molecule has 0 spiro atoms. The summed E-state index contributed by atoms with van der Waals surface area (Å²) in [5.41, 5.74) is 9.49. The van der Waals surface area contributed by atoms with Gasteiger partial charge in [-0.05, 0) is 93.7 Å². The normalized spacial score (nSPS) is 12.2. The minimum atomic E-state index is -0.841. The van der Waals surface area contributed by atoms with Crippen molar-refractivity contribution in [3.05, 3.63) is 0 Å². The Kier molecular flexibility index (Phi) is 63.0. The number of carbonyl (C=O) groups excluding carboxylic acids is 2. The number of carbonyl (C=O) groups is 4. The van der Waals surface area contributed by atoms with Gasteiger partial charge in [0.1, 0.15) is 17.2 Å². The minimum Gasteiger partial charge on any atom is -0.483 e. The molecule has 324 valence electrons. The van der Waals surface area contributed by atoms with E-state index in [0.717, 1.165) is 47.2 Å². The van der Waals surface area contributed by atoms with Crippen LogP contribution < -0.4 is 30.8 Å². The van der Waals surface area contributed by atoms with Crippen molar-refractivity contribution in [2.45, 2.75) is 123 Å². The van der Waals surface area contributed by atoms with Gasteiger partial charge in [0, 0.05) is 91.0 Å². The molecule has 0 saturated heterocycles. The average Bonchev–Trinajstić information content (AvgIpc) is 3.01. The lowest BCUT2D eigenvalue weighted by Crippen LogP contribution is -2.37. The Morgan fingerprint density at radius 1 is 0.755 bits per heavy atom. The first-order chi connectivity index (χ1) is 24.1. The van der Waals surface area contributed by atoms with Crippen LogP contribution in [0.2, 0.25) is 0 Å². The zero-order chi connectivity index (χ0) is 42.2. The van der Waals surface area contributed by atoms with Crippen LogP contribution in [0, 0.1) is 0 Å². The molecule has 22 heteroatoms. The zero-order valence-corrected chi connectivity index (χ0v) is 43.0. The quantitative estimate of drug-likeness (QED) is 0.0223. The fourth-order valence-corrected chi connectivity index (χ4v) is 5.70. The number of carboxylic acids is 1. The fraction of sp³-hybridized carbons (Fsp3) is 0.871. The number of rotatable bonds is 17. The molecule has 0 saturated carbocycles. The number of ether oxygens (including phenoxy) is 2. The first-order valence-electron chi connectivity index (χ1n) is 16.3. The summed E-state index contributed by atoms with van der Waals surface area (Å²) in [4.78, 5) is 41.2. The second-order valence-corrected chi connectivity index (χ2v) is 17.3. The van der Waals surface area contributed by atoms with E-state index >= 15 is 0 Å². The number of aliphatic carboxylic acids is 1. The molecule has 0 aliphatic heterocycles. The number of carboxylic acid groups (broad SMARTS) is 2. The maximum atomic E-state index is 11.4. The van der Waals surface area contributed by atoms with Crippen molar-refractivity contribution in [3.8, 4) is 0 Å². The molecular formula is C31H68Br5ClN6O8S2. The second-order valence-electron chi connectivity index (χ2n) is 12.3. The van der Waals surface area contributed by atoms with Crippen molar-refractivity contribution in [1.29, 1.82) is 0 Å². The van der Waals surface area contributed by atoms with Crippen molar-refractivity contribution < 1.29 is 38.9 Å². The largest absolute Gasteiger partial charge is 0.483 e. The molecule has 0 radical (unpaired) electrons. The Labute approximate surface area is 377 Å². The van der Waals surface area contributed by atoms with E-state index in [1.165, 1.54) is 0 Å². The Balaban J connectivity index is -0.000000103. The molecule has 0 fully saturated rings. The third-order valence-corrected chi connectivity index (χ3v) is 8.73. The van der Waals surface area contributed by atoms with Crippen LogP contribution in [-0.2, 0) is 19.1 Å². The molecular weight excluding hydrogens is 1080 g/mol. The van der Waals surface area contributed by atoms with Gasteiger partial charge in [-0.25, -0.2) is 13.9 Å². The fourth-order valence-electron chi connectivity index (χ4n) is 2.32. The molecule has 14 nitrogen and oxygen atoms in total. The number of alkyl carbamates (subject to hydrolysis) is 2. The first kappa shape index (κ1) is 68.4. The Morgan fingerprint density at radius 2 is 1.11 bits per heavy atom. The smallest absolute Gasteiger partial charge is 0.407 e. The Hall–Kier alpha value is 0.710. The highest BCUT2D eigenvalue weighted by molar-refractivity contribution is 9.09. The molecule has 0 aromatic heterocycles. The van der Waals surface area contributed by atoms with Gasteiger partial charge in [-0.1, -0.05) is 47.8 Å². The molecule has 2 amide bonds. The van der Waals surface area contributed by atoms with Crippen LogP contribution in [0.5, 0.6) is 0 Å². The highest BCUT2D eigenvalue weighted by atomic mass is 79.9. The van der Waals surface area contributed by atoms with E-state index < -0.39 is 23.2 Å². The molecule has 0 aliphatic rings. The first-order valence-corrected chi connectivity index (χ1v) is 23.1. The molecule has 0 unspecified atom stereocenters. The van der Waals surface area contributed by atoms with Crippen molar-refractivity contribution >= 4 is 142 Å². The zero-order valence-electron chi connectivity index (χ0n) is 32.5. The summed E-state index contributed by atoms with van der Waals surface area (Å²) >= 11 is 21.4. The van der Waals surface area contributed by atoms with Crippen LogP contribution >= 0.6 is 117 Å². The van der Waals surface area contributed by atoms with Gasteiger partial charge in [-0.2, -0.15) is 24.4 Å². The van der Waals surface area contributed by atoms with Crippen LogP contribution in [0.1, 0.15) is 88.0 Å². The molecule has 0 aliphatic carbocycles. The molecule has 0 bridgehead atoms. The van der Waals surface area contributed by atoms with E-state index in [9.17, 15) is 14.4 Å². The number of hydrogen-bond donors (Lipinski definition) is 9. The summed E-state index contributed by atoms with van der Waals surface area (Å²) in [5.74, 6) is 1.93. The minimum absolute atomic E-state index is 0. The van der Waals surface area contributed by atoms with Crippen LogP contribution in [-0.4, -0.2) is 117 Å². The summed E-state index contributed by atoms with van der Waals surface area (Å²) in [7, 11) is 0. The number of amides is 2. The number of thiol groups is 1. The molecule has 0 aromatic rings. The summed E-state index contributed by atoms with van der Waals surface area (Å²) < 4.78 is 15.7. The highest BCUT2D eigenvalue weighted by Crippen LogP contribution is 2.09. The van der Waals surface area contributed by atoms with E-state index in [2.05, 4.69) is 119 Å². The second kappa shape index (κ2) is 48.9. The summed E-state index contributed by atoms with van der Waals surface area (Å²) in [6.07, 6.45) is 2.87. The SMILES string of the molecule is C[C@H](CCBr)NBr.C[C@H](CCBr)NC(=O)OC(C)(C)C.C[C@H](CCSCCN)NC(=O)OC(C)(C)C.Cl.NCCS.O=C(O)[C@H](CCBr)NBr.O=CO. The predicted molar refractivity (Wildman–Crippen MR) is 248 cm³/mol. The number of alkyl halides is 3. The maximum absolute atomic E-state index is 11.4. The lowest BCUT2D eigenvalue weighted by molar-refractivity contribution is -0.138. The van der Waals surface area contributed by atoms with Crippen molar-refractivity contribution in [2.24, 2.45) is 11.5 Å². The van der Waals surface area contributed by atoms with Gasteiger partial charge in [-0.15, -0.1) is 12.4 Å². The molecule has 53 heavy (non-hydrogen) atoms. The lowest BCUT2D eigenvalue weighted by Gasteiger charge is -2.21. The van der Waals surface area contributed by atoms with Crippen LogP contribution in [0.3, 0.4) is 0 Å². The molecule has 0 rings (SSSR count). The number of nitrogens with two attached hydrogens (primary N) is 2. The van der Waals surface area contributed by atoms with Gasteiger partial charge in [0.25, 0.3) is 6.47 Å². The maximum Gasteiger partial charge on any atom is 0.407 e. The average molecular weight is 1150 g/mol. The van der Waals surface area contributed by atoms with Gasteiger partial charge in [-0.3, -0.25) is 13.9 Å². The van der Waals surface area contributed by atoms with Gasteiger partial charge >= 0.3 is 18.2 Å². The lowest BCUT2D eigenvalue weighted by atomic mass is 10.2. The van der Waals surface area contributed by atoms with Crippen LogP contribution in [0.4, 0.5) is 9.59 Å². The van der Waals surface area contributed by atoms with E-state index in [-0.39, 0.29) is 43.1 Å². The number of thioether (sulfide) groups is 1. The molecule has 10 N–H and O–H groups in total. The number of nitrogens with one attached hydrogen (secondary N) is 4. The van der Waals surface area contributed by atoms with Gasteiger partial charge < -0.3 is 41.8 Å². The van der Waals surface area contributed by atoms with Gasteiger partial charge in [0.15, 0.2) is 0 Å². The van der Waals surface area contributed by atoms with E-state index in [4.69, 9.17) is 35.9 Å². The highest BCUT2D eigenvalue weighted by Gasteiger charge is 2.18. The number of hydrogen-bond acceptors (Lipinski definition) is 12. The van der Waals surface area contributed by atoms with Crippen molar-refractivity contribution in [2.75, 3.05) is 46.3 Å². The summed E-state index contributed by atoms with van der Waals surface area (Å²) in [6, 6.07) is 0.359. The molecule has 4 atom stereocenters. The molecule has 0 heterocycles. The summed E-state index contributed by atoms with van der Waals surface area (Å²) in [5, 5.41) is 23.5. The predicted octanol–water partition coefficient (Wildman–Crippen LogP) is 7.85. The Morgan fingerprint density at radius 3 is 1.34 bits per heavy atom. The van der Waals surface area contributed by atoms with E-state index in [0.29, 0.717) is 30.9 Å². The van der Waals surface area contributed by atoms with E-state index in [1.807, 2.05) is 55.4 Å². The van der Waals surface area contributed by atoms with Crippen LogP contribution in [0.25, 0.3) is 0 Å². The summed E-state index contributed by atoms with van der Waals surface area (Å²) in [6.45, 7) is 18.3. The van der Waals surface area contributed by atoms with Crippen LogP contribution in [0.15, 0.2) is 0 Å².